The van der Waals surface area contributed by atoms with Crippen LogP contribution in [0.4, 0.5) is 0 Å². The Bertz CT molecular complexity index is 808. The van der Waals surface area contributed by atoms with E-state index in [4.69, 9.17) is 9.05 Å². The van der Waals surface area contributed by atoms with Gasteiger partial charge in [0.25, 0.3) is 0 Å². The third kappa shape index (κ3) is 4.51. The number of aliphatic hydroxyl groups is 1. The van der Waals surface area contributed by atoms with E-state index in [0.717, 1.165) is 4.47 Å². The summed E-state index contributed by atoms with van der Waals surface area (Å²) in [6.45, 7) is 0. The first-order valence-corrected chi connectivity index (χ1v) is 10.00. The van der Waals surface area contributed by atoms with Gasteiger partial charge < -0.3 is 14.2 Å². The van der Waals surface area contributed by atoms with Crippen LogP contribution in [0.25, 0.3) is 0 Å². The summed E-state index contributed by atoms with van der Waals surface area (Å²) in [7, 11) is -3.95. The maximum Gasteiger partial charge on any atom is 0.463 e. The summed E-state index contributed by atoms with van der Waals surface area (Å²) in [5.74, 6) is -0.711. The van der Waals surface area contributed by atoms with Crippen LogP contribution < -0.4 is 9.05 Å². The second-order valence-electron chi connectivity index (χ2n) is 5.27. The van der Waals surface area contributed by atoms with Crippen LogP contribution in [-0.2, 0) is 4.57 Å². The summed E-state index contributed by atoms with van der Waals surface area (Å²) in [5, 5.41) is 10.7. The fourth-order valence-corrected chi connectivity index (χ4v) is 4.06. The molecule has 0 amide bonds. The van der Waals surface area contributed by atoms with Crippen molar-refractivity contribution in [2.45, 2.75) is 5.85 Å². The van der Waals surface area contributed by atoms with E-state index in [2.05, 4.69) is 15.9 Å². The molecule has 3 rings (SSSR count). The van der Waals surface area contributed by atoms with Crippen molar-refractivity contribution in [2.75, 3.05) is 0 Å². The average molecular weight is 419 g/mol. The second kappa shape index (κ2) is 7.87. The standard InChI is InChI=1S/C19H16BrO4P/c20-16-13-11-15(12-14-16)19(21)25(22,23-17-7-3-1-4-8-17)24-18-9-5-2-6-10-18/h1-14,19,21H/t19-/m1/s1. The van der Waals surface area contributed by atoms with Gasteiger partial charge in [-0.3, -0.25) is 0 Å². The quantitative estimate of drug-likeness (QED) is 0.514. The number of rotatable bonds is 6. The smallest absolute Gasteiger partial charge is 0.414 e. The molecule has 4 nitrogen and oxygen atoms in total. The fourth-order valence-electron chi connectivity index (χ4n) is 2.19. The normalized spacial score (nSPS) is 12.4. The van der Waals surface area contributed by atoms with Gasteiger partial charge in [-0.25, -0.2) is 4.57 Å². The van der Waals surface area contributed by atoms with Crippen LogP contribution in [0.3, 0.4) is 0 Å². The van der Waals surface area contributed by atoms with Gasteiger partial charge in [0.2, 0.25) is 5.85 Å². The lowest BCUT2D eigenvalue weighted by Gasteiger charge is -2.24. The molecular formula is C19H16BrO4P. The molecule has 1 atom stereocenters. The maximum atomic E-state index is 13.4. The number of hydrogen-bond donors (Lipinski definition) is 1. The van der Waals surface area contributed by atoms with Crippen molar-refractivity contribution in [3.05, 3.63) is 95.0 Å². The van der Waals surface area contributed by atoms with Crippen molar-refractivity contribution < 1.29 is 18.7 Å². The van der Waals surface area contributed by atoms with Crippen molar-refractivity contribution >= 4 is 23.5 Å². The van der Waals surface area contributed by atoms with Gasteiger partial charge in [-0.05, 0) is 42.0 Å². The Balaban J connectivity index is 1.95. The minimum absolute atomic E-state index is 0.359. The minimum atomic E-state index is -3.95. The van der Waals surface area contributed by atoms with E-state index < -0.39 is 13.4 Å². The third-order valence-electron chi connectivity index (χ3n) is 3.42. The zero-order valence-corrected chi connectivity index (χ0v) is 15.6. The van der Waals surface area contributed by atoms with Crippen LogP contribution in [0.5, 0.6) is 11.5 Å². The summed E-state index contributed by atoms with van der Waals surface area (Å²) >= 11 is 3.34. The molecule has 0 radical (unpaired) electrons. The van der Waals surface area contributed by atoms with Crippen molar-refractivity contribution in [1.82, 2.24) is 0 Å². The lowest BCUT2D eigenvalue weighted by molar-refractivity contribution is 0.212. The molecule has 0 aliphatic carbocycles. The minimum Gasteiger partial charge on any atom is -0.414 e. The Morgan fingerprint density at radius 2 is 1.20 bits per heavy atom. The summed E-state index contributed by atoms with van der Waals surface area (Å²) in [6, 6.07) is 24.2. The first-order valence-electron chi connectivity index (χ1n) is 7.59. The van der Waals surface area contributed by atoms with Gasteiger partial charge >= 0.3 is 7.60 Å². The SMILES string of the molecule is O=P(Oc1ccccc1)(Oc1ccccc1)[C@@H](O)c1ccc(Br)cc1. The maximum absolute atomic E-state index is 13.4. The second-order valence-corrected chi connectivity index (χ2v) is 8.12. The predicted molar refractivity (Wildman–Crippen MR) is 101 cm³/mol. The Kier molecular flexibility index (Phi) is 5.59. The van der Waals surface area contributed by atoms with Gasteiger partial charge in [0, 0.05) is 4.47 Å². The highest BCUT2D eigenvalue weighted by Gasteiger charge is 2.39. The predicted octanol–water partition coefficient (Wildman–Crippen LogP) is 5.79. The van der Waals surface area contributed by atoms with Crippen molar-refractivity contribution in [3.63, 3.8) is 0 Å². The van der Waals surface area contributed by atoms with Gasteiger partial charge in [-0.15, -0.1) is 0 Å². The van der Waals surface area contributed by atoms with Gasteiger partial charge in [-0.1, -0.05) is 64.5 Å². The number of hydrogen-bond acceptors (Lipinski definition) is 4. The molecule has 0 unspecified atom stereocenters. The molecule has 25 heavy (non-hydrogen) atoms. The van der Waals surface area contributed by atoms with Gasteiger partial charge in [0.05, 0.1) is 0 Å². The molecule has 0 saturated carbocycles. The Morgan fingerprint density at radius 1 is 0.760 bits per heavy atom. The molecule has 3 aromatic rings. The average Bonchev–Trinajstić information content (AvgIpc) is 2.63. The monoisotopic (exact) mass is 418 g/mol. The first-order chi connectivity index (χ1) is 12.1. The Morgan fingerprint density at radius 3 is 1.64 bits per heavy atom. The van der Waals surface area contributed by atoms with Gasteiger partial charge in [-0.2, -0.15) is 0 Å². The number of aliphatic hydroxyl groups excluding tert-OH is 1. The highest BCUT2D eigenvalue weighted by Crippen LogP contribution is 2.58. The van der Waals surface area contributed by atoms with Crippen molar-refractivity contribution in [3.8, 4) is 11.5 Å². The zero-order chi connectivity index (χ0) is 17.7. The van der Waals surface area contributed by atoms with Crippen molar-refractivity contribution in [2.24, 2.45) is 0 Å². The van der Waals surface area contributed by atoms with E-state index in [1.165, 1.54) is 0 Å². The molecule has 0 heterocycles. The molecule has 128 valence electrons. The molecule has 0 aromatic heterocycles. The molecule has 0 spiro atoms. The van der Waals surface area contributed by atoms with E-state index >= 15 is 0 Å². The van der Waals surface area contributed by atoms with E-state index in [1.54, 1.807) is 72.8 Å². The lowest BCUT2D eigenvalue weighted by Crippen LogP contribution is -2.10. The van der Waals surface area contributed by atoms with Crippen LogP contribution in [0, 0.1) is 0 Å². The number of benzene rings is 3. The molecule has 0 aliphatic heterocycles. The van der Waals surface area contributed by atoms with Crippen LogP contribution in [-0.4, -0.2) is 5.11 Å². The van der Waals surface area contributed by atoms with Crippen molar-refractivity contribution in [1.29, 1.82) is 0 Å². The number of halogens is 1. The van der Waals surface area contributed by atoms with Crippen LogP contribution >= 0.6 is 23.5 Å². The lowest BCUT2D eigenvalue weighted by atomic mass is 10.2. The topological polar surface area (TPSA) is 55.8 Å². The molecule has 1 N–H and O–H groups in total. The highest BCUT2D eigenvalue weighted by molar-refractivity contribution is 9.10. The third-order valence-corrected chi connectivity index (χ3v) is 5.78. The van der Waals surface area contributed by atoms with E-state index in [0.29, 0.717) is 17.1 Å². The molecule has 6 heteroatoms. The zero-order valence-electron chi connectivity index (χ0n) is 13.2. The Labute approximate surface area is 154 Å². The first kappa shape index (κ1) is 17.7. The molecule has 0 fully saturated rings. The molecule has 0 saturated heterocycles. The van der Waals surface area contributed by atoms with Crippen LogP contribution in [0.15, 0.2) is 89.4 Å². The summed E-state index contributed by atoms with van der Waals surface area (Å²) < 4.78 is 25.5. The summed E-state index contributed by atoms with van der Waals surface area (Å²) in [4.78, 5) is 0. The largest absolute Gasteiger partial charge is 0.463 e. The van der Waals surface area contributed by atoms with E-state index in [1.807, 2.05) is 12.1 Å². The summed E-state index contributed by atoms with van der Waals surface area (Å²) in [6.07, 6.45) is 0. The molecule has 3 aromatic carbocycles. The van der Waals surface area contributed by atoms with E-state index in [9.17, 15) is 9.67 Å². The highest BCUT2D eigenvalue weighted by atomic mass is 79.9. The molecule has 0 bridgehead atoms. The summed E-state index contributed by atoms with van der Waals surface area (Å²) in [5.41, 5.74) is 0.443. The van der Waals surface area contributed by atoms with E-state index in [-0.39, 0.29) is 0 Å². The molecule has 0 aliphatic rings. The van der Waals surface area contributed by atoms with Gasteiger partial charge in [0.15, 0.2) is 0 Å². The number of para-hydroxylation sites is 2. The molecular weight excluding hydrogens is 403 g/mol. The van der Waals surface area contributed by atoms with Gasteiger partial charge in [0.1, 0.15) is 11.5 Å². The Hall–Kier alpha value is -2.07. The fraction of sp³-hybridized carbons (Fsp3) is 0.0526. The van der Waals surface area contributed by atoms with Crippen LogP contribution in [0.1, 0.15) is 11.4 Å². The van der Waals surface area contributed by atoms with Crippen LogP contribution in [0.2, 0.25) is 0 Å².